The van der Waals surface area contributed by atoms with Crippen LogP contribution in [0.5, 0.6) is 0 Å². The Bertz CT molecular complexity index is 935. The third kappa shape index (κ3) is 3.87. The maximum Gasteiger partial charge on any atom is 0.253 e. The van der Waals surface area contributed by atoms with Crippen LogP contribution in [0.25, 0.3) is 11.1 Å². The maximum absolute atomic E-state index is 12.9. The van der Waals surface area contributed by atoms with Crippen LogP contribution in [0.3, 0.4) is 0 Å². The number of benzene rings is 2. The van der Waals surface area contributed by atoms with Gasteiger partial charge in [0, 0.05) is 45.9 Å². The summed E-state index contributed by atoms with van der Waals surface area (Å²) in [5.74, 6) is 0.270. The molecule has 1 N–H and O–H groups in total. The van der Waals surface area contributed by atoms with E-state index in [1.807, 2.05) is 35.4 Å². The Labute approximate surface area is 168 Å². The molecule has 4 rings (SSSR count). The van der Waals surface area contributed by atoms with Crippen LogP contribution in [0, 0.1) is 0 Å². The number of H-pyrrole nitrogens is 1. The monoisotopic (exact) mass is 399 g/mol. The number of amides is 1. The topological polar surface area (TPSA) is 49.0 Å². The second kappa shape index (κ2) is 7.75. The summed E-state index contributed by atoms with van der Waals surface area (Å²) in [6, 6.07) is 14.8. The molecule has 0 saturated carbocycles. The van der Waals surface area contributed by atoms with Crippen molar-refractivity contribution in [2.75, 3.05) is 13.1 Å². The van der Waals surface area contributed by atoms with Crippen molar-refractivity contribution in [3.63, 3.8) is 0 Å². The molecule has 0 radical (unpaired) electrons. The number of halogens is 2. The molecule has 6 heteroatoms. The van der Waals surface area contributed by atoms with Crippen molar-refractivity contribution in [2.45, 2.75) is 18.8 Å². The molecule has 27 heavy (non-hydrogen) atoms. The number of hydrogen-bond acceptors (Lipinski definition) is 2. The summed E-state index contributed by atoms with van der Waals surface area (Å²) in [5.41, 5.74) is 3.88. The molecule has 0 bridgehead atoms. The van der Waals surface area contributed by atoms with E-state index in [2.05, 4.69) is 10.2 Å². The van der Waals surface area contributed by atoms with Crippen molar-refractivity contribution in [1.29, 1.82) is 0 Å². The van der Waals surface area contributed by atoms with Gasteiger partial charge in [0.05, 0.1) is 6.20 Å². The molecule has 2 heterocycles. The van der Waals surface area contributed by atoms with Crippen LogP contribution in [0.1, 0.15) is 34.8 Å². The highest BCUT2D eigenvalue weighted by atomic mass is 35.5. The predicted octanol–water partition coefficient (Wildman–Crippen LogP) is 5.40. The molecule has 138 valence electrons. The van der Waals surface area contributed by atoms with Crippen molar-refractivity contribution in [2.24, 2.45) is 0 Å². The van der Waals surface area contributed by atoms with Crippen molar-refractivity contribution in [3.8, 4) is 11.1 Å². The van der Waals surface area contributed by atoms with E-state index in [1.54, 1.807) is 24.3 Å². The number of nitrogens with zero attached hydrogens (tertiary/aromatic N) is 2. The Morgan fingerprint density at radius 3 is 2.41 bits per heavy atom. The Kier molecular flexibility index (Phi) is 5.19. The summed E-state index contributed by atoms with van der Waals surface area (Å²) < 4.78 is 0. The number of carbonyl (C=O) groups excluding carboxylic acids is 1. The van der Waals surface area contributed by atoms with Gasteiger partial charge in [-0.2, -0.15) is 5.10 Å². The van der Waals surface area contributed by atoms with Crippen molar-refractivity contribution in [3.05, 3.63) is 76.0 Å². The first-order valence-corrected chi connectivity index (χ1v) is 9.71. The summed E-state index contributed by atoms with van der Waals surface area (Å²) in [7, 11) is 0. The smallest absolute Gasteiger partial charge is 0.253 e. The fourth-order valence-corrected chi connectivity index (χ4v) is 3.89. The fourth-order valence-electron chi connectivity index (χ4n) is 3.64. The number of aromatic nitrogens is 2. The zero-order chi connectivity index (χ0) is 18.8. The van der Waals surface area contributed by atoms with E-state index < -0.39 is 0 Å². The van der Waals surface area contributed by atoms with Gasteiger partial charge < -0.3 is 4.90 Å². The molecule has 0 spiro atoms. The number of likely N-dealkylation sites (tertiary alicyclic amines) is 1. The molecule has 0 aliphatic carbocycles. The summed E-state index contributed by atoms with van der Waals surface area (Å²) in [6.07, 6.45) is 3.83. The molecule has 1 amide bonds. The second-order valence-corrected chi connectivity index (χ2v) is 7.67. The van der Waals surface area contributed by atoms with Gasteiger partial charge in [0.15, 0.2) is 0 Å². The van der Waals surface area contributed by atoms with E-state index in [4.69, 9.17) is 23.2 Å². The van der Waals surface area contributed by atoms with E-state index in [-0.39, 0.29) is 11.8 Å². The fraction of sp³-hybridized carbons (Fsp3) is 0.238. The van der Waals surface area contributed by atoms with Gasteiger partial charge in [0.2, 0.25) is 0 Å². The largest absolute Gasteiger partial charge is 0.338 e. The SMILES string of the molecule is O=C(c1ccc(Cl)cc1)N1CCC[C@@H](c2[nH]ncc2-c2ccc(Cl)cc2)C1. The molecule has 0 unspecified atom stereocenters. The summed E-state index contributed by atoms with van der Waals surface area (Å²) in [6.45, 7) is 1.44. The number of carbonyl (C=O) groups is 1. The third-order valence-corrected chi connectivity index (χ3v) is 5.54. The molecule has 1 aliphatic rings. The van der Waals surface area contributed by atoms with Gasteiger partial charge in [-0.25, -0.2) is 0 Å². The minimum atomic E-state index is 0.0453. The van der Waals surface area contributed by atoms with Gasteiger partial charge >= 0.3 is 0 Å². The molecular weight excluding hydrogens is 381 g/mol. The van der Waals surface area contributed by atoms with E-state index >= 15 is 0 Å². The predicted molar refractivity (Wildman–Crippen MR) is 108 cm³/mol. The van der Waals surface area contributed by atoms with E-state index in [0.717, 1.165) is 36.2 Å². The van der Waals surface area contributed by atoms with Crippen LogP contribution in [0.4, 0.5) is 0 Å². The average Bonchev–Trinajstić information content (AvgIpc) is 3.18. The normalized spacial score (nSPS) is 17.1. The Morgan fingerprint density at radius 2 is 1.70 bits per heavy atom. The summed E-state index contributed by atoms with van der Waals surface area (Å²) in [5, 5.41) is 8.76. The summed E-state index contributed by atoms with van der Waals surface area (Å²) in [4.78, 5) is 14.8. The number of rotatable bonds is 3. The van der Waals surface area contributed by atoms with Gasteiger partial charge in [0.25, 0.3) is 5.91 Å². The average molecular weight is 400 g/mol. The van der Waals surface area contributed by atoms with E-state index in [1.165, 1.54) is 0 Å². The molecule has 4 nitrogen and oxygen atoms in total. The standard InChI is InChI=1S/C21H19Cl2N3O/c22-17-7-3-14(4-8-17)19-12-24-25-20(19)16-2-1-11-26(13-16)21(27)15-5-9-18(23)10-6-15/h3-10,12,16H,1-2,11,13H2,(H,24,25)/t16-/m1/s1. The first kappa shape index (κ1) is 18.1. The van der Waals surface area contributed by atoms with Crippen LogP contribution in [-0.4, -0.2) is 34.1 Å². The number of aromatic amines is 1. The lowest BCUT2D eigenvalue weighted by Gasteiger charge is -2.33. The maximum atomic E-state index is 12.9. The molecule has 1 aromatic heterocycles. The molecular formula is C21H19Cl2N3O. The lowest BCUT2D eigenvalue weighted by atomic mass is 9.90. The van der Waals surface area contributed by atoms with Gasteiger partial charge in [-0.05, 0) is 54.8 Å². The highest BCUT2D eigenvalue weighted by Crippen LogP contribution is 2.33. The quantitative estimate of drug-likeness (QED) is 0.640. The molecule has 1 atom stereocenters. The molecule has 1 fully saturated rings. The van der Waals surface area contributed by atoms with Gasteiger partial charge in [-0.15, -0.1) is 0 Å². The van der Waals surface area contributed by atoms with Crippen LogP contribution in [-0.2, 0) is 0 Å². The lowest BCUT2D eigenvalue weighted by Crippen LogP contribution is -2.39. The molecule has 2 aromatic carbocycles. The van der Waals surface area contributed by atoms with Crippen molar-refractivity contribution in [1.82, 2.24) is 15.1 Å². The van der Waals surface area contributed by atoms with Crippen LogP contribution >= 0.6 is 23.2 Å². The van der Waals surface area contributed by atoms with Crippen LogP contribution in [0.15, 0.2) is 54.7 Å². The second-order valence-electron chi connectivity index (χ2n) is 6.80. The number of piperidine rings is 1. The summed E-state index contributed by atoms with van der Waals surface area (Å²) >= 11 is 11.9. The van der Waals surface area contributed by atoms with Gasteiger partial charge in [0.1, 0.15) is 0 Å². The molecule has 1 aliphatic heterocycles. The van der Waals surface area contributed by atoms with E-state index in [0.29, 0.717) is 22.2 Å². The zero-order valence-electron chi connectivity index (χ0n) is 14.7. The first-order chi connectivity index (χ1) is 13.1. The van der Waals surface area contributed by atoms with Gasteiger partial charge in [-0.3, -0.25) is 9.89 Å². The Balaban J connectivity index is 1.55. The molecule has 1 saturated heterocycles. The Morgan fingerprint density at radius 1 is 1.04 bits per heavy atom. The first-order valence-electron chi connectivity index (χ1n) is 8.96. The lowest BCUT2D eigenvalue weighted by molar-refractivity contribution is 0.0706. The Hall–Kier alpha value is -2.30. The van der Waals surface area contributed by atoms with Crippen LogP contribution in [0.2, 0.25) is 10.0 Å². The minimum Gasteiger partial charge on any atom is -0.338 e. The highest BCUT2D eigenvalue weighted by molar-refractivity contribution is 6.30. The van der Waals surface area contributed by atoms with Crippen LogP contribution < -0.4 is 0 Å². The number of hydrogen-bond donors (Lipinski definition) is 1. The van der Waals surface area contributed by atoms with E-state index in [9.17, 15) is 4.79 Å². The van der Waals surface area contributed by atoms with Gasteiger partial charge in [-0.1, -0.05) is 35.3 Å². The van der Waals surface area contributed by atoms with Crippen molar-refractivity contribution >= 4 is 29.1 Å². The molecule has 3 aromatic rings. The number of nitrogens with one attached hydrogen (secondary N) is 1. The third-order valence-electron chi connectivity index (χ3n) is 5.03. The highest BCUT2D eigenvalue weighted by Gasteiger charge is 2.28. The minimum absolute atomic E-state index is 0.0453. The van der Waals surface area contributed by atoms with Crippen molar-refractivity contribution < 1.29 is 4.79 Å². The zero-order valence-corrected chi connectivity index (χ0v) is 16.2.